The van der Waals surface area contributed by atoms with Gasteiger partial charge in [0.2, 0.25) is 0 Å². The van der Waals surface area contributed by atoms with Crippen molar-refractivity contribution in [2.45, 2.75) is 13.0 Å². The van der Waals surface area contributed by atoms with Gasteiger partial charge in [-0.05, 0) is 24.6 Å². The van der Waals surface area contributed by atoms with E-state index in [0.717, 1.165) is 6.42 Å². The van der Waals surface area contributed by atoms with Crippen LogP contribution in [0.2, 0.25) is 5.15 Å². The van der Waals surface area contributed by atoms with Crippen LogP contribution in [0, 0.1) is 11.3 Å². The third-order valence-corrected chi connectivity index (χ3v) is 3.77. The van der Waals surface area contributed by atoms with Crippen LogP contribution in [0.25, 0.3) is 17.3 Å². The van der Waals surface area contributed by atoms with Gasteiger partial charge in [-0.1, -0.05) is 17.7 Å². The maximum absolute atomic E-state index is 11.8. The highest BCUT2D eigenvalue weighted by atomic mass is 35.5. The molecule has 21 heavy (non-hydrogen) atoms. The van der Waals surface area contributed by atoms with Gasteiger partial charge < -0.3 is 10.3 Å². The second kappa shape index (κ2) is 5.08. The van der Waals surface area contributed by atoms with Gasteiger partial charge in [0.1, 0.15) is 11.2 Å². The van der Waals surface area contributed by atoms with E-state index >= 15 is 0 Å². The Morgan fingerprint density at radius 2 is 2.33 bits per heavy atom. The third-order valence-electron chi connectivity index (χ3n) is 3.47. The van der Waals surface area contributed by atoms with Crippen molar-refractivity contribution in [2.75, 3.05) is 0 Å². The lowest BCUT2D eigenvalue weighted by Crippen LogP contribution is -2.14. The van der Waals surface area contributed by atoms with Crippen LogP contribution in [-0.4, -0.2) is 15.5 Å². The third kappa shape index (κ3) is 2.01. The number of rotatable bonds is 2. The molecule has 0 bridgehead atoms. The number of hydrogen-bond acceptors (Lipinski definition) is 3. The van der Waals surface area contributed by atoms with Crippen molar-refractivity contribution < 1.29 is 4.79 Å². The summed E-state index contributed by atoms with van der Waals surface area (Å²) in [7, 11) is 0. The molecule has 0 saturated heterocycles. The number of pyridine rings is 1. The molecule has 0 radical (unpaired) electrons. The van der Waals surface area contributed by atoms with Crippen molar-refractivity contribution in [1.29, 1.82) is 5.26 Å². The van der Waals surface area contributed by atoms with Gasteiger partial charge in [-0.25, -0.2) is 4.98 Å². The van der Waals surface area contributed by atoms with Crippen LogP contribution in [0.3, 0.4) is 0 Å². The average molecular weight is 299 g/mol. The molecule has 0 aliphatic carbocycles. The molecule has 2 aromatic heterocycles. The first-order valence-corrected chi connectivity index (χ1v) is 6.76. The molecule has 1 aliphatic rings. The number of primary amides is 1. The van der Waals surface area contributed by atoms with Crippen LogP contribution in [0.5, 0.6) is 0 Å². The summed E-state index contributed by atoms with van der Waals surface area (Å²) in [4.78, 5) is 15.8. The molecule has 3 heterocycles. The molecule has 3 rings (SSSR count). The number of nitrogens with two attached hydrogens (primary N) is 1. The number of carbonyl (C=O) groups excluding carboxylic acids is 1. The second-order valence-electron chi connectivity index (χ2n) is 4.64. The molecule has 0 atom stereocenters. The Morgan fingerprint density at radius 1 is 1.52 bits per heavy atom. The Bertz CT molecular complexity index is 814. The largest absolute Gasteiger partial charge is 0.365 e. The minimum Gasteiger partial charge on any atom is -0.365 e. The van der Waals surface area contributed by atoms with Crippen molar-refractivity contribution in [3.63, 3.8) is 0 Å². The molecule has 0 saturated carbocycles. The molecule has 1 amide bonds. The highest BCUT2D eigenvalue weighted by Crippen LogP contribution is 2.36. The summed E-state index contributed by atoms with van der Waals surface area (Å²) >= 11 is 6.15. The average Bonchev–Trinajstić information content (AvgIpc) is 2.82. The molecule has 104 valence electrons. The predicted octanol–water partition coefficient (Wildman–Crippen LogP) is 2.59. The van der Waals surface area contributed by atoms with Gasteiger partial charge in [0.05, 0.1) is 22.5 Å². The number of amides is 1. The topological polar surface area (TPSA) is 84.7 Å². The summed E-state index contributed by atoms with van der Waals surface area (Å²) < 4.78 is 1.90. The molecule has 5 nitrogen and oxygen atoms in total. The van der Waals surface area contributed by atoms with E-state index in [1.807, 2.05) is 16.7 Å². The number of hydrogen-bond donors (Lipinski definition) is 1. The number of aromatic nitrogens is 2. The predicted molar refractivity (Wildman–Crippen MR) is 79.6 cm³/mol. The normalized spacial score (nSPS) is 12.8. The number of halogens is 1. The van der Waals surface area contributed by atoms with Crippen LogP contribution < -0.4 is 5.73 Å². The van der Waals surface area contributed by atoms with Gasteiger partial charge >= 0.3 is 0 Å². The van der Waals surface area contributed by atoms with Crippen molar-refractivity contribution in [3.05, 3.63) is 46.4 Å². The van der Waals surface area contributed by atoms with Crippen molar-refractivity contribution in [1.82, 2.24) is 9.55 Å². The first-order chi connectivity index (χ1) is 10.1. The van der Waals surface area contributed by atoms with Gasteiger partial charge in [-0.2, -0.15) is 5.26 Å². The Hall–Kier alpha value is -2.58. The maximum atomic E-state index is 11.8. The molecular formula is C15H11ClN4O. The fourth-order valence-electron chi connectivity index (χ4n) is 2.64. The van der Waals surface area contributed by atoms with Gasteiger partial charge in [0.15, 0.2) is 0 Å². The molecule has 2 aromatic rings. The molecule has 0 unspecified atom stereocenters. The monoisotopic (exact) mass is 298 g/mol. The highest BCUT2D eigenvalue weighted by molar-refractivity contribution is 6.32. The molecular weight excluding hydrogens is 288 g/mol. The van der Waals surface area contributed by atoms with E-state index in [2.05, 4.69) is 11.1 Å². The quantitative estimate of drug-likeness (QED) is 0.865. The van der Waals surface area contributed by atoms with E-state index < -0.39 is 5.91 Å². The minimum absolute atomic E-state index is 0.239. The fourth-order valence-corrected chi connectivity index (χ4v) is 2.85. The fraction of sp³-hybridized carbons (Fsp3) is 0.133. The minimum atomic E-state index is -0.617. The molecule has 0 spiro atoms. The number of fused-ring (bicyclic) bond motifs is 1. The van der Waals surface area contributed by atoms with E-state index in [1.54, 1.807) is 18.3 Å². The zero-order valence-corrected chi connectivity index (χ0v) is 11.8. The summed E-state index contributed by atoms with van der Waals surface area (Å²) in [6.07, 6.45) is 6.16. The summed E-state index contributed by atoms with van der Waals surface area (Å²) in [5, 5.41) is 9.78. The number of allylic oxidation sites excluding steroid dienone is 1. The van der Waals surface area contributed by atoms with Crippen LogP contribution in [0.4, 0.5) is 0 Å². The van der Waals surface area contributed by atoms with Gasteiger partial charge in [0.25, 0.3) is 5.91 Å². The molecule has 0 fully saturated rings. The Labute approximate surface area is 126 Å². The first-order valence-electron chi connectivity index (χ1n) is 6.39. The number of carbonyl (C=O) groups is 1. The highest BCUT2D eigenvalue weighted by Gasteiger charge is 2.27. The number of nitriles is 1. The lowest BCUT2D eigenvalue weighted by atomic mass is 10.1. The van der Waals surface area contributed by atoms with Crippen molar-refractivity contribution >= 4 is 23.6 Å². The second-order valence-corrected chi connectivity index (χ2v) is 5.00. The van der Waals surface area contributed by atoms with E-state index in [4.69, 9.17) is 17.3 Å². The number of nitrogens with zero attached hydrogens (tertiary/aromatic N) is 3. The van der Waals surface area contributed by atoms with Gasteiger partial charge in [-0.3, -0.25) is 4.79 Å². The zero-order chi connectivity index (χ0) is 15.0. The molecule has 6 heteroatoms. The smallest absolute Gasteiger partial charge is 0.252 e. The summed E-state index contributed by atoms with van der Waals surface area (Å²) in [5.41, 5.74) is 7.82. The standard InChI is InChI=1S/C15H11ClN4O/c16-14-9(4-3-6-19-14)13-10(8-17)12(15(18)21)11-5-1-2-7-20(11)13/h1,3-6H,2,7H2,(H2,18,21). The van der Waals surface area contributed by atoms with E-state index in [9.17, 15) is 10.1 Å². The van der Waals surface area contributed by atoms with E-state index in [-0.39, 0.29) is 11.1 Å². The van der Waals surface area contributed by atoms with E-state index in [1.165, 1.54) is 0 Å². The summed E-state index contributed by atoms with van der Waals surface area (Å²) in [6.45, 7) is 0.661. The van der Waals surface area contributed by atoms with E-state index in [0.29, 0.717) is 28.6 Å². The van der Waals surface area contributed by atoms with Gasteiger partial charge in [0, 0.05) is 18.3 Å². The molecule has 1 aliphatic heterocycles. The molecule has 0 aromatic carbocycles. The maximum Gasteiger partial charge on any atom is 0.252 e. The van der Waals surface area contributed by atoms with Crippen molar-refractivity contribution in [2.24, 2.45) is 5.73 Å². The Morgan fingerprint density at radius 3 is 3.00 bits per heavy atom. The first kappa shape index (κ1) is 13.4. The van der Waals surface area contributed by atoms with Crippen molar-refractivity contribution in [3.8, 4) is 17.3 Å². The van der Waals surface area contributed by atoms with Crippen LogP contribution in [0.15, 0.2) is 24.4 Å². The summed E-state index contributed by atoms with van der Waals surface area (Å²) in [5.74, 6) is -0.617. The zero-order valence-electron chi connectivity index (χ0n) is 11.0. The lowest BCUT2D eigenvalue weighted by molar-refractivity contribution is 0.1000. The lowest BCUT2D eigenvalue weighted by Gasteiger charge is -2.14. The Kier molecular flexibility index (Phi) is 3.24. The van der Waals surface area contributed by atoms with Gasteiger partial charge in [-0.15, -0.1) is 0 Å². The van der Waals surface area contributed by atoms with Crippen LogP contribution in [0.1, 0.15) is 28.0 Å². The summed E-state index contributed by atoms with van der Waals surface area (Å²) in [6, 6.07) is 5.61. The van der Waals surface area contributed by atoms with Crippen LogP contribution in [-0.2, 0) is 6.54 Å². The molecule has 2 N–H and O–H groups in total. The van der Waals surface area contributed by atoms with Crippen LogP contribution >= 0.6 is 11.6 Å². The SMILES string of the molecule is N#Cc1c(C(N)=O)c2n(c1-c1cccnc1Cl)CCC=C2. The Balaban J connectivity index is 2.41.